The molecule has 3 nitrogen and oxygen atoms in total. The van der Waals surface area contributed by atoms with Gasteiger partial charge in [0.25, 0.3) is 0 Å². The van der Waals surface area contributed by atoms with Gasteiger partial charge in [0.15, 0.2) is 0 Å². The maximum absolute atomic E-state index is 13.8. The number of nitriles is 1. The Kier molecular flexibility index (Phi) is 6.32. The molecule has 47 heavy (non-hydrogen) atoms. The molecule has 0 amide bonds. The maximum Gasteiger partial charge on any atom is 0.416 e. The first kappa shape index (κ1) is 28.7. The van der Waals surface area contributed by atoms with Crippen LogP contribution in [0.3, 0.4) is 0 Å². The number of aromatic nitrogens is 2. The number of para-hydroxylation sites is 2. The fraction of sp³-hybridized carbons (Fsp3) is 0.0976. The van der Waals surface area contributed by atoms with Crippen LogP contribution in [0.15, 0.2) is 115 Å². The summed E-state index contributed by atoms with van der Waals surface area (Å²) in [4.78, 5) is 0. The monoisotopic (exact) mass is 619 g/mol. The first-order chi connectivity index (χ1) is 22.7. The van der Waals surface area contributed by atoms with Gasteiger partial charge >= 0.3 is 6.18 Å². The topological polar surface area (TPSA) is 33.6 Å². The highest BCUT2D eigenvalue weighted by atomic mass is 19.4. The van der Waals surface area contributed by atoms with E-state index in [1.165, 1.54) is 12.1 Å². The zero-order chi connectivity index (χ0) is 32.6. The number of benzene rings is 6. The highest BCUT2D eigenvalue weighted by Gasteiger charge is 2.31. The lowest BCUT2D eigenvalue weighted by Crippen LogP contribution is -2.08. The normalized spacial score (nSPS) is 12.0. The summed E-state index contributed by atoms with van der Waals surface area (Å²) in [6, 6.07) is 39.1. The zero-order valence-electron chi connectivity index (χ0n) is 25.9. The molecule has 0 fully saturated rings. The molecular weight excluding hydrogens is 591 g/mol. The summed E-state index contributed by atoms with van der Waals surface area (Å²) in [5.41, 5.74) is 8.76. The Morgan fingerprint density at radius 3 is 1.66 bits per heavy atom. The molecule has 2 aromatic heterocycles. The Bertz CT molecular complexity index is 2610. The summed E-state index contributed by atoms with van der Waals surface area (Å²) in [6.07, 6.45) is -4.47. The number of halogens is 3. The van der Waals surface area contributed by atoms with Gasteiger partial charge in [0.1, 0.15) is 11.6 Å². The predicted molar refractivity (Wildman–Crippen MR) is 184 cm³/mol. The van der Waals surface area contributed by atoms with Gasteiger partial charge in [-0.05, 0) is 85.5 Å². The van der Waals surface area contributed by atoms with Gasteiger partial charge in [0.2, 0.25) is 0 Å². The second kappa shape index (κ2) is 10.4. The lowest BCUT2D eigenvalue weighted by molar-refractivity contribution is -0.137. The second-order valence-corrected chi connectivity index (χ2v) is 12.2. The van der Waals surface area contributed by atoms with Crippen molar-refractivity contribution in [1.82, 2.24) is 9.13 Å². The van der Waals surface area contributed by atoms with E-state index in [0.717, 1.165) is 60.8 Å². The molecule has 2 heterocycles. The molecule has 0 saturated heterocycles. The van der Waals surface area contributed by atoms with Gasteiger partial charge in [-0.25, -0.2) is 0 Å². The molecule has 6 aromatic carbocycles. The summed E-state index contributed by atoms with van der Waals surface area (Å²) in [5.74, 6) is 0. The van der Waals surface area contributed by atoms with E-state index in [4.69, 9.17) is 0 Å². The second-order valence-electron chi connectivity index (χ2n) is 12.2. The van der Waals surface area contributed by atoms with Crippen molar-refractivity contribution in [2.24, 2.45) is 0 Å². The van der Waals surface area contributed by atoms with Crippen molar-refractivity contribution in [3.63, 3.8) is 0 Å². The highest BCUT2D eigenvalue weighted by Crippen LogP contribution is 2.43. The third-order valence-electron chi connectivity index (χ3n) is 9.23. The van der Waals surface area contributed by atoms with Crippen LogP contribution in [-0.4, -0.2) is 9.13 Å². The minimum absolute atomic E-state index is 0.426. The quantitative estimate of drug-likeness (QED) is 0.194. The summed E-state index contributed by atoms with van der Waals surface area (Å²) in [5, 5.41) is 15.4. The first-order valence-electron chi connectivity index (χ1n) is 15.4. The number of hydrogen-bond acceptors (Lipinski definition) is 1. The van der Waals surface area contributed by atoms with Crippen molar-refractivity contribution in [3.8, 4) is 28.6 Å². The molecule has 228 valence electrons. The van der Waals surface area contributed by atoms with Crippen molar-refractivity contribution in [1.29, 1.82) is 5.26 Å². The van der Waals surface area contributed by atoms with Gasteiger partial charge < -0.3 is 9.13 Å². The Labute approximate surface area is 269 Å². The van der Waals surface area contributed by atoms with E-state index in [1.54, 1.807) is 6.92 Å². The third kappa shape index (κ3) is 4.34. The maximum atomic E-state index is 13.8. The van der Waals surface area contributed by atoms with Crippen molar-refractivity contribution in [2.45, 2.75) is 26.9 Å². The molecule has 0 spiro atoms. The average molecular weight is 620 g/mol. The van der Waals surface area contributed by atoms with E-state index in [-0.39, 0.29) is 0 Å². The molecule has 8 aromatic rings. The van der Waals surface area contributed by atoms with Crippen LogP contribution in [-0.2, 0) is 6.18 Å². The van der Waals surface area contributed by atoms with E-state index in [0.29, 0.717) is 33.6 Å². The van der Waals surface area contributed by atoms with Gasteiger partial charge in [0.05, 0.1) is 39.0 Å². The van der Waals surface area contributed by atoms with Crippen molar-refractivity contribution in [3.05, 3.63) is 143 Å². The van der Waals surface area contributed by atoms with Crippen LogP contribution in [0.2, 0.25) is 0 Å². The van der Waals surface area contributed by atoms with Crippen LogP contribution in [0.4, 0.5) is 13.2 Å². The van der Waals surface area contributed by atoms with E-state index in [9.17, 15) is 18.4 Å². The average Bonchev–Trinajstić information content (AvgIpc) is 3.55. The largest absolute Gasteiger partial charge is 0.416 e. The summed E-state index contributed by atoms with van der Waals surface area (Å²) < 4.78 is 45.5. The lowest BCUT2D eigenvalue weighted by atomic mass is 9.93. The number of hydrogen-bond donors (Lipinski definition) is 0. The fourth-order valence-corrected chi connectivity index (χ4v) is 7.13. The van der Waals surface area contributed by atoms with E-state index in [1.807, 2.05) is 49.4 Å². The van der Waals surface area contributed by atoms with Crippen LogP contribution in [0.1, 0.15) is 27.8 Å². The molecule has 0 bridgehead atoms. The Morgan fingerprint density at radius 2 is 1.09 bits per heavy atom. The van der Waals surface area contributed by atoms with Gasteiger partial charge in [-0.3, -0.25) is 0 Å². The molecule has 0 unspecified atom stereocenters. The molecule has 0 radical (unpaired) electrons. The van der Waals surface area contributed by atoms with E-state index >= 15 is 0 Å². The summed E-state index contributed by atoms with van der Waals surface area (Å²) in [7, 11) is 0. The highest BCUT2D eigenvalue weighted by molar-refractivity contribution is 6.12. The summed E-state index contributed by atoms with van der Waals surface area (Å²) >= 11 is 0. The van der Waals surface area contributed by atoms with Crippen LogP contribution in [0.25, 0.3) is 66.1 Å². The third-order valence-corrected chi connectivity index (χ3v) is 9.23. The molecule has 0 N–H and O–H groups in total. The molecule has 0 aliphatic carbocycles. The number of nitrogens with zero attached hydrogens (tertiary/aromatic N) is 3. The van der Waals surface area contributed by atoms with E-state index in [2.05, 4.69) is 76.7 Å². The standard InChI is InChI=1S/C41H28F3N3/c1-24-12-15-31-29-8-4-6-10-35(29)46(38(31)20-24)37-19-18-33(28-17-14-27(22-26(28)3)41(42,43)44)40(34(37)23-45)47-36-11-7-5-9-30(36)32-16-13-25(2)21-39(32)47/h4-22H,1-3H3. The number of alkyl halides is 3. The predicted octanol–water partition coefficient (Wildman–Crippen LogP) is 11.4. The molecule has 0 aliphatic heterocycles. The molecular formula is C41H28F3N3. The van der Waals surface area contributed by atoms with E-state index < -0.39 is 11.7 Å². The van der Waals surface area contributed by atoms with Crippen LogP contribution < -0.4 is 0 Å². The Hall–Kier alpha value is -5.80. The van der Waals surface area contributed by atoms with Crippen LogP contribution in [0, 0.1) is 32.1 Å². The lowest BCUT2D eigenvalue weighted by Gasteiger charge is -2.21. The Morgan fingerprint density at radius 1 is 0.553 bits per heavy atom. The molecule has 8 rings (SSSR count). The number of aryl methyl sites for hydroxylation is 3. The van der Waals surface area contributed by atoms with Crippen molar-refractivity contribution in [2.75, 3.05) is 0 Å². The zero-order valence-corrected chi connectivity index (χ0v) is 25.9. The van der Waals surface area contributed by atoms with Gasteiger partial charge in [0, 0.05) is 27.1 Å². The fourth-order valence-electron chi connectivity index (χ4n) is 7.13. The smallest absolute Gasteiger partial charge is 0.308 e. The summed E-state index contributed by atoms with van der Waals surface area (Å²) in [6.45, 7) is 5.78. The van der Waals surface area contributed by atoms with Crippen molar-refractivity contribution >= 4 is 43.6 Å². The van der Waals surface area contributed by atoms with Crippen LogP contribution in [0.5, 0.6) is 0 Å². The minimum Gasteiger partial charge on any atom is -0.308 e. The molecule has 0 atom stereocenters. The number of fused-ring (bicyclic) bond motifs is 6. The number of rotatable bonds is 3. The Balaban J connectivity index is 1.56. The van der Waals surface area contributed by atoms with Gasteiger partial charge in [-0.15, -0.1) is 0 Å². The first-order valence-corrected chi connectivity index (χ1v) is 15.4. The van der Waals surface area contributed by atoms with Crippen molar-refractivity contribution < 1.29 is 13.2 Å². The molecule has 0 saturated carbocycles. The van der Waals surface area contributed by atoms with Gasteiger partial charge in [-0.2, -0.15) is 18.4 Å². The van der Waals surface area contributed by atoms with Crippen LogP contribution >= 0.6 is 0 Å². The molecule has 6 heteroatoms. The molecule has 0 aliphatic rings. The SMILES string of the molecule is Cc1ccc2c3ccccc3n(-c3ccc(-c4ccc(C(F)(F)F)cc4C)c(-n4c5ccccc5c5ccc(C)cc54)c3C#N)c2c1. The van der Waals surface area contributed by atoms with Gasteiger partial charge in [-0.1, -0.05) is 72.8 Å². The minimum atomic E-state index is -4.47.